The van der Waals surface area contributed by atoms with E-state index in [4.69, 9.17) is 4.65 Å². The van der Waals surface area contributed by atoms with Crippen LogP contribution in [-0.4, -0.2) is 42.8 Å². The molecule has 0 aromatic carbocycles. The van der Waals surface area contributed by atoms with Crippen molar-refractivity contribution in [2.75, 3.05) is 0 Å². The average molecular weight is 263 g/mol. The van der Waals surface area contributed by atoms with Gasteiger partial charge >= 0.3 is 7.12 Å². The van der Waals surface area contributed by atoms with E-state index < -0.39 is 18.3 Å². The summed E-state index contributed by atoms with van der Waals surface area (Å²) in [4.78, 5) is 8.13. The van der Waals surface area contributed by atoms with Crippen molar-refractivity contribution in [3.05, 3.63) is 24.8 Å². The predicted octanol–water partition coefficient (Wildman–Crippen LogP) is -0.0171. The molecular formula is C12H18BN3O3. The number of fused-ring (bicyclic) bond motifs is 1. The lowest BCUT2D eigenvalue weighted by atomic mass is 9.78. The van der Waals surface area contributed by atoms with E-state index in [0.29, 0.717) is 11.2 Å². The molecule has 0 fully saturated rings. The van der Waals surface area contributed by atoms with Gasteiger partial charge < -0.3 is 14.8 Å². The Bertz CT molecular complexity index is 577. The molecule has 0 radical (unpaired) electrons. The van der Waals surface area contributed by atoms with E-state index in [1.807, 2.05) is 0 Å². The third-order valence-electron chi connectivity index (χ3n) is 3.43. The summed E-state index contributed by atoms with van der Waals surface area (Å²) in [6.45, 7) is 6.72. The topological polar surface area (TPSA) is 79.9 Å². The first kappa shape index (κ1) is 14.0. The third-order valence-corrected chi connectivity index (χ3v) is 3.43. The summed E-state index contributed by atoms with van der Waals surface area (Å²) in [6, 6.07) is 0. The molecule has 0 atom stereocenters. The molecule has 0 spiro atoms. The number of rotatable bonds is 4. The van der Waals surface area contributed by atoms with E-state index in [9.17, 15) is 10.1 Å². The number of aromatic nitrogens is 3. The molecule has 2 heterocycles. The maximum absolute atomic E-state index is 10.1. The number of aliphatic hydroxyl groups is 1. The largest absolute Gasteiger partial charge is 0.494 e. The molecule has 0 unspecified atom stereocenters. The summed E-state index contributed by atoms with van der Waals surface area (Å²) in [5.74, 6) is 0.553. The summed E-state index contributed by atoms with van der Waals surface area (Å²) in [5.41, 5.74) is -1.49. The summed E-state index contributed by atoms with van der Waals surface area (Å²) in [6.07, 6.45) is 6.56. The zero-order valence-corrected chi connectivity index (χ0v) is 11.5. The zero-order valence-electron chi connectivity index (χ0n) is 11.5. The van der Waals surface area contributed by atoms with Gasteiger partial charge in [0.05, 0.1) is 11.2 Å². The van der Waals surface area contributed by atoms with Gasteiger partial charge in [-0.15, -0.1) is 0 Å². The van der Waals surface area contributed by atoms with Gasteiger partial charge in [0.25, 0.3) is 0 Å². The van der Waals surface area contributed by atoms with Crippen molar-refractivity contribution in [1.82, 2.24) is 14.4 Å². The van der Waals surface area contributed by atoms with E-state index >= 15 is 0 Å². The average Bonchev–Trinajstić information content (AvgIpc) is 2.73. The number of nitrogens with zero attached hydrogens (tertiary/aromatic N) is 3. The number of hydrogen-bond acceptors (Lipinski definition) is 5. The standard InChI is InChI=1S/C12H18BN3O3/c1-11(2,17)12(3,4)19-13(18)9-7-15-10-14-5-6-16(10)8-9/h5-8,17-18H,1-4H3. The molecule has 19 heavy (non-hydrogen) atoms. The number of hydrogen-bond donors (Lipinski definition) is 2. The molecule has 0 amide bonds. The quantitative estimate of drug-likeness (QED) is 0.758. The summed E-state index contributed by atoms with van der Waals surface area (Å²) >= 11 is 0. The summed E-state index contributed by atoms with van der Waals surface area (Å²) in [5, 5.41) is 20.1. The van der Waals surface area contributed by atoms with E-state index in [0.717, 1.165) is 0 Å². The first-order valence-electron chi connectivity index (χ1n) is 6.07. The maximum atomic E-state index is 10.1. The van der Waals surface area contributed by atoms with Crippen LogP contribution in [0.2, 0.25) is 0 Å². The van der Waals surface area contributed by atoms with Gasteiger partial charge in [-0.3, -0.25) is 4.40 Å². The Hall–Kier alpha value is -1.44. The van der Waals surface area contributed by atoms with Crippen LogP contribution in [0.15, 0.2) is 24.8 Å². The fraction of sp³-hybridized carbons (Fsp3) is 0.500. The van der Waals surface area contributed by atoms with Crippen molar-refractivity contribution in [3.8, 4) is 0 Å². The van der Waals surface area contributed by atoms with Crippen molar-refractivity contribution in [3.63, 3.8) is 0 Å². The SMILES string of the molecule is CC(C)(O)C(C)(C)OB(O)c1cnc2nccn2c1. The van der Waals surface area contributed by atoms with Crippen molar-refractivity contribution in [2.45, 2.75) is 38.9 Å². The van der Waals surface area contributed by atoms with Gasteiger partial charge in [-0.1, -0.05) is 0 Å². The lowest BCUT2D eigenvalue weighted by molar-refractivity contribution is -0.0982. The van der Waals surface area contributed by atoms with Crippen LogP contribution in [0.25, 0.3) is 5.78 Å². The van der Waals surface area contributed by atoms with Gasteiger partial charge in [0.15, 0.2) is 0 Å². The molecule has 6 nitrogen and oxygen atoms in total. The van der Waals surface area contributed by atoms with Gasteiger partial charge in [0.1, 0.15) is 0 Å². The van der Waals surface area contributed by atoms with Crippen LogP contribution >= 0.6 is 0 Å². The first-order chi connectivity index (χ1) is 8.71. The Balaban J connectivity index is 2.22. The fourth-order valence-corrected chi connectivity index (χ4v) is 1.45. The molecule has 0 bridgehead atoms. The Labute approximate surface area is 112 Å². The van der Waals surface area contributed by atoms with E-state index in [-0.39, 0.29) is 0 Å². The number of imidazole rings is 1. The Morgan fingerprint density at radius 1 is 1.26 bits per heavy atom. The molecule has 0 saturated heterocycles. The highest BCUT2D eigenvalue weighted by Gasteiger charge is 2.39. The zero-order chi connectivity index (χ0) is 14.3. The molecule has 102 valence electrons. The van der Waals surface area contributed by atoms with Crippen molar-refractivity contribution in [2.24, 2.45) is 0 Å². The Morgan fingerprint density at radius 2 is 1.95 bits per heavy atom. The minimum absolute atomic E-state index is 0.503. The van der Waals surface area contributed by atoms with Gasteiger partial charge in [0.2, 0.25) is 5.78 Å². The van der Waals surface area contributed by atoms with Gasteiger partial charge in [-0.05, 0) is 27.7 Å². The molecule has 2 aromatic heterocycles. The highest BCUT2D eigenvalue weighted by molar-refractivity contribution is 6.59. The van der Waals surface area contributed by atoms with Crippen LogP contribution in [0.5, 0.6) is 0 Å². The van der Waals surface area contributed by atoms with Gasteiger partial charge in [-0.25, -0.2) is 9.97 Å². The normalized spacial score (nSPS) is 12.9. The highest BCUT2D eigenvalue weighted by atomic mass is 16.5. The Kier molecular flexibility index (Phi) is 3.38. The monoisotopic (exact) mass is 263 g/mol. The lowest BCUT2D eigenvalue weighted by Gasteiger charge is -2.38. The van der Waals surface area contributed by atoms with Crippen LogP contribution in [-0.2, 0) is 4.65 Å². The summed E-state index contributed by atoms with van der Waals surface area (Å²) < 4.78 is 7.24. The van der Waals surface area contributed by atoms with Gasteiger partial charge in [0, 0.05) is 30.3 Å². The van der Waals surface area contributed by atoms with Crippen LogP contribution in [0.4, 0.5) is 0 Å². The van der Waals surface area contributed by atoms with Crippen LogP contribution in [0.3, 0.4) is 0 Å². The molecule has 0 saturated carbocycles. The minimum atomic E-state index is -1.17. The third kappa shape index (κ3) is 2.78. The minimum Gasteiger partial charge on any atom is -0.423 e. The summed E-state index contributed by atoms with van der Waals surface area (Å²) in [7, 11) is -1.17. The molecule has 0 aliphatic carbocycles. The van der Waals surface area contributed by atoms with E-state index in [2.05, 4.69) is 9.97 Å². The van der Waals surface area contributed by atoms with Crippen LogP contribution < -0.4 is 5.46 Å². The maximum Gasteiger partial charge on any atom is 0.494 e. The second-order valence-corrected chi connectivity index (χ2v) is 5.56. The molecule has 7 heteroatoms. The van der Waals surface area contributed by atoms with Gasteiger partial charge in [-0.2, -0.15) is 0 Å². The molecule has 2 aromatic rings. The van der Waals surface area contributed by atoms with Crippen LogP contribution in [0, 0.1) is 0 Å². The fourth-order valence-electron chi connectivity index (χ4n) is 1.45. The highest BCUT2D eigenvalue weighted by Crippen LogP contribution is 2.25. The molecular weight excluding hydrogens is 245 g/mol. The van der Waals surface area contributed by atoms with E-state index in [1.165, 1.54) is 6.20 Å². The van der Waals surface area contributed by atoms with Crippen molar-refractivity contribution >= 4 is 18.4 Å². The Morgan fingerprint density at radius 3 is 2.58 bits per heavy atom. The second-order valence-electron chi connectivity index (χ2n) is 5.56. The molecule has 2 N–H and O–H groups in total. The van der Waals surface area contributed by atoms with E-state index in [1.54, 1.807) is 50.7 Å². The van der Waals surface area contributed by atoms with Crippen molar-refractivity contribution in [1.29, 1.82) is 0 Å². The molecule has 2 rings (SSSR count). The second kappa shape index (κ2) is 4.59. The van der Waals surface area contributed by atoms with Crippen molar-refractivity contribution < 1.29 is 14.8 Å². The molecule has 0 aliphatic rings. The molecule has 0 aliphatic heterocycles. The first-order valence-corrected chi connectivity index (χ1v) is 6.07. The predicted molar refractivity (Wildman–Crippen MR) is 72.1 cm³/mol. The lowest BCUT2D eigenvalue weighted by Crippen LogP contribution is -2.53. The van der Waals surface area contributed by atoms with Crippen LogP contribution in [0.1, 0.15) is 27.7 Å². The smallest absolute Gasteiger partial charge is 0.423 e.